The Hall–Kier alpha value is -1.07. The summed E-state index contributed by atoms with van der Waals surface area (Å²) in [6.07, 6.45) is 2.51. The van der Waals surface area contributed by atoms with E-state index in [0.717, 1.165) is 18.9 Å². The van der Waals surface area contributed by atoms with Gasteiger partial charge in [-0.2, -0.15) is 13.2 Å². The minimum absolute atomic E-state index is 0.210. The van der Waals surface area contributed by atoms with Crippen LogP contribution >= 0.6 is 0 Å². The first-order valence-electron chi connectivity index (χ1n) is 7.14. The first kappa shape index (κ1) is 15.3. The molecule has 1 atom stereocenters. The van der Waals surface area contributed by atoms with Gasteiger partial charge in [0.2, 0.25) is 0 Å². The molecule has 0 amide bonds. The number of alkyl halides is 3. The second-order valence-corrected chi connectivity index (χ2v) is 5.57. The van der Waals surface area contributed by atoms with Crippen LogP contribution in [0.4, 0.5) is 13.2 Å². The molecule has 1 saturated carbocycles. The van der Waals surface area contributed by atoms with Crippen LogP contribution in [0.3, 0.4) is 0 Å². The molecule has 1 aliphatic carbocycles. The zero-order valence-corrected chi connectivity index (χ0v) is 11.4. The molecule has 1 fully saturated rings. The lowest BCUT2D eigenvalue weighted by molar-refractivity contribution is -0.137. The van der Waals surface area contributed by atoms with E-state index >= 15 is 0 Å². The third-order valence-electron chi connectivity index (χ3n) is 4.16. The van der Waals surface area contributed by atoms with E-state index in [1.54, 1.807) is 6.07 Å². The summed E-state index contributed by atoms with van der Waals surface area (Å²) >= 11 is 0. The summed E-state index contributed by atoms with van der Waals surface area (Å²) in [5, 5.41) is 0. The van der Waals surface area contributed by atoms with Crippen molar-refractivity contribution >= 4 is 0 Å². The Morgan fingerprint density at radius 1 is 1.25 bits per heavy atom. The van der Waals surface area contributed by atoms with Gasteiger partial charge in [0.05, 0.1) is 5.56 Å². The first-order chi connectivity index (χ1) is 9.50. The highest BCUT2D eigenvalue weighted by Crippen LogP contribution is 2.33. The fourth-order valence-electron chi connectivity index (χ4n) is 2.98. The van der Waals surface area contributed by atoms with Crippen molar-refractivity contribution in [2.75, 3.05) is 0 Å². The number of nitrogens with two attached hydrogens (primary N) is 1. The molecule has 0 heterocycles. The maximum absolute atomic E-state index is 12.7. The minimum Gasteiger partial charge on any atom is -0.271 e. The Balaban J connectivity index is 2.02. The van der Waals surface area contributed by atoms with Crippen molar-refractivity contribution < 1.29 is 13.2 Å². The van der Waals surface area contributed by atoms with Crippen molar-refractivity contribution in [3.63, 3.8) is 0 Å². The maximum Gasteiger partial charge on any atom is 0.416 e. The van der Waals surface area contributed by atoms with Gasteiger partial charge in [-0.25, -0.2) is 0 Å². The molecular weight excluding hydrogens is 265 g/mol. The van der Waals surface area contributed by atoms with Gasteiger partial charge in [0.25, 0.3) is 0 Å². The zero-order chi connectivity index (χ0) is 14.6. The summed E-state index contributed by atoms with van der Waals surface area (Å²) in [4.78, 5) is 0. The molecule has 2 rings (SSSR count). The second-order valence-electron chi connectivity index (χ2n) is 5.57. The molecule has 0 aromatic heterocycles. The molecule has 0 radical (unpaired) electrons. The summed E-state index contributed by atoms with van der Waals surface area (Å²) in [5.74, 6) is 6.22. The Morgan fingerprint density at radius 3 is 2.55 bits per heavy atom. The van der Waals surface area contributed by atoms with Crippen molar-refractivity contribution in [3.05, 3.63) is 35.4 Å². The monoisotopic (exact) mass is 286 g/mol. The van der Waals surface area contributed by atoms with Crippen LogP contribution in [0.1, 0.15) is 55.7 Å². The number of benzene rings is 1. The van der Waals surface area contributed by atoms with Gasteiger partial charge in [-0.05, 0) is 36.5 Å². The van der Waals surface area contributed by atoms with Crippen molar-refractivity contribution in [2.24, 2.45) is 11.8 Å². The molecule has 0 aliphatic heterocycles. The Kier molecular flexibility index (Phi) is 5.05. The number of hydrogen-bond donors (Lipinski definition) is 2. The molecule has 1 unspecified atom stereocenters. The average molecular weight is 286 g/mol. The molecule has 20 heavy (non-hydrogen) atoms. The van der Waals surface area contributed by atoms with E-state index in [0.29, 0.717) is 11.5 Å². The molecule has 1 aromatic rings. The molecule has 2 nitrogen and oxygen atoms in total. The highest BCUT2D eigenvalue weighted by Gasteiger charge is 2.31. The smallest absolute Gasteiger partial charge is 0.271 e. The van der Waals surface area contributed by atoms with Crippen molar-refractivity contribution in [3.8, 4) is 0 Å². The number of hydrazine groups is 1. The Labute approximate surface area is 117 Å². The van der Waals surface area contributed by atoms with E-state index in [1.165, 1.54) is 37.8 Å². The molecule has 3 N–H and O–H groups in total. The van der Waals surface area contributed by atoms with Gasteiger partial charge in [-0.15, -0.1) is 0 Å². The average Bonchev–Trinajstić information content (AvgIpc) is 2.92. The summed E-state index contributed by atoms with van der Waals surface area (Å²) in [7, 11) is 0. The third kappa shape index (κ3) is 3.96. The number of rotatable bonds is 5. The topological polar surface area (TPSA) is 38.0 Å². The largest absolute Gasteiger partial charge is 0.416 e. The number of hydrogen-bond acceptors (Lipinski definition) is 2. The van der Waals surface area contributed by atoms with Crippen LogP contribution in [-0.4, -0.2) is 0 Å². The van der Waals surface area contributed by atoms with E-state index in [9.17, 15) is 13.2 Å². The SMILES string of the molecule is NNC(CCC1CCCC1)c1cccc(C(F)(F)F)c1. The van der Waals surface area contributed by atoms with Crippen molar-refractivity contribution in [1.82, 2.24) is 5.43 Å². The fraction of sp³-hybridized carbons (Fsp3) is 0.600. The van der Waals surface area contributed by atoms with Gasteiger partial charge in [0, 0.05) is 6.04 Å². The van der Waals surface area contributed by atoms with Crippen LogP contribution in [0.5, 0.6) is 0 Å². The Bertz CT molecular complexity index is 425. The molecule has 5 heteroatoms. The molecule has 1 aliphatic rings. The van der Waals surface area contributed by atoms with Crippen LogP contribution < -0.4 is 11.3 Å². The van der Waals surface area contributed by atoms with E-state index in [4.69, 9.17) is 5.84 Å². The van der Waals surface area contributed by atoms with Crippen LogP contribution in [0, 0.1) is 5.92 Å². The van der Waals surface area contributed by atoms with Crippen molar-refractivity contribution in [2.45, 2.75) is 50.7 Å². The lowest BCUT2D eigenvalue weighted by Crippen LogP contribution is -2.28. The van der Waals surface area contributed by atoms with Crippen LogP contribution in [-0.2, 0) is 6.18 Å². The number of halogens is 3. The van der Waals surface area contributed by atoms with Gasteiger partial charge < -0.3 is 0 Å². The lowest BCUT2D eigenvalue weighted by Gasteiger charge is -2.19. The van der Waals surface area contributed by atoms with Gasteiger partial charge in [0.1, 0.15) is 0 Å². The fourth-order valence-corrected chi connectivity index (χ4v) is 2.98. The third-order valence-corrected chi connectivity index (χ3v) is 4.16. The van der Waals surface area contributed by atoms with Gasteiger partial charge in [-0.3, -0.25) is 11.3 Å². The van der Waals surface area contributed by atoms with E-state index in [1.807, 2.05) is 0 Å². The van der Waals surface area contributed by atoms with Crippen LogP contribution in [0.2, 0.25) is 0 Å². The quantitative estimate of drug-likeness (QED) is 0.629. The van der Waals surface area contributed by atoms with Crippen molar-refractivity contribution in [1.29, 1.82) is 0 Å². The zero-order valence-electron chi connectivity index (χ0n) is 11.4. The molecule has 0 bridgehead atoms. The number of nitrogens with one attached hydrogen (secondary N) is 1. The van der Waals surface area contributed by atoms with Crippen LogP contribution in [0.25, 0.3) is 0 Å². The highest BCUT2D eigenvalue weighted by atomic mass is 19.4. The van der Waals surface area contributed by atoms with Gasteiger partial charge in [0.15, 0.2) is 0 Å². The summed E-state index contributed by atoms with van der Waals surface area (Å²) in [6.45, 7) is 0. The van der Waals surface area contributed by atoms with Gasteiger partial charge >= 0.3 is 6.18 Å². The molecule has 1 aromatic carbocycles. The normalized spacial score (nSPS) is 18.4. The molecule has 0 saturated heterocycles. The first-order valence-corrected chi connectivity index (χ1v) is 7.14. The standard InChI is InChI=1S/C15H21F3N2/c16-15(17,18)13-7-3-6-12(10-13)14(20-19)9-8-11-4-1-2-5-11/h3,6-7,10-11,14,20H,1-2,4-5,8-9,19H2. The second kappa shape index (κ2) is 6.59. The summed E-state index contributed by atoms with van der Waals surface area (Å²) < 4.78 is 38.1. The molecule has 0 spiro atoms. The highest BCUT2D eigenvalue weighted by molar-refractivity contribution is 5.27. The van der Waals surface area contributed by atoms with Gasteiger partial charge in [-0.1, -0.05) is 37.8 Å². The minimum atomic E-state index is -4.30. The van der Waals surface area contributed by atoms with E-state index in [-0.39, 0.29) is 6.04 Å². The predicted molar refractivity (Wildman–Crippen MR) is 72.7 cm³/mol. The molecule has 112 valence electrons. The van der Waals surface area contributed by atoms with E-state index < -0.39 is 11.7 Å². The molecular formula is C15H21F3N2. The summed E-state index contributed by atoms with van der Waals surface area (Å²) in [6, 6.07) is 5.22. The maximum atomic E-state index is 12.7. The predicted octanol–water partition coefficient (Wildman–Crippen LogP) is 4.18. The van der Waals surface area contributed by atoms with Crippen LogP contribution in [0.15, 0.2) is 24.3 Å². The lowest BCUT2D eigenvalue weighted by atomic mass is 9.94. The summed E-state index contributed by atoms with van der Waals surface area (Å²) in [5.41, 5.74) is 2.65. The Morgan fingerprint density at radius 2 is 1.95 bits per heavy atom. The van der Waals surface area contributed by atoms with E-state index in [2.05, 4.69) is 5.43 Å².